The summed E-state index contributed by atoms with van der Waals surface area (Å²) in [7, 11) is 0. The van der Waals surface area contributed by atoms with Crippen molar-refractivity contribution >= 4 is 77.4 Å². The van der Waals surface area contributed by atoms with Crippen molar-refractivity contribution in [3.63, 3.8) is 0 Å². The van der Waals surface area contributed by atoms with Gasteiger partial charge in [0.1, 0.15) is 60.4 Å². The third-order valence-electron chi connectivity index (χ3n) is 13.4. The van der Waals surface area contributed by atoms with Gasteiger partial charge in [0.15, 0.2) is 0 Å². The molecule has 1 aliphatic rings. The molecule has 29 heteroatoms. The Kier molecular flexibility index (Phi) is 36.4. The Morgan fingerprint density at radius 3 is 1.57 bits per heavy atom. The number of rotatable bonds is 28. The van der Waals surface area contributed by atoms with Crippen molar-refractivity contribution < 1.29 is 57.8 Å². The van der Waals surface area contributed by atoms with Crippen molar-refractivity contribution in [3.05, 3.63) is 35.9 Å². The molecule has 1 saturated heterocycles. The smallest absolute Gasteiger partial charge is 0.245 e. The van der Waals surface area contributed by atoms with E-state index >= 15 is 0 Å². The fourth-order valence-electron chi connectivity index (χ4n) is 8.78. The van der Waals surface area contributed by atoms with Crippen LogP contribution in [0.2, 0.25) is 0 Å². The summed E-state index contributed by atoms with van der Waals surface area (Å²) in [5.41, 5.74) is 29.9. The van der Waals surface area contributed by atoms with Gasteiger partial charge in [0.25, 0.3) is 0 Å². The molecule has 0 bridgehead atoms. The van der Waals surface area contributed by atoms with Gasteiger partial charge >= 0.3 is 0 Å². The SMILES string of the molecule is CCCCCCCC(=O)N[C@@H](CCN)C(=O)N[C@@H](C)C(=O)N[C@@H](CCN)C(=O)N[C@H]1CCNC(=O)[C@H]([C@@H](C)O)NC(=O)[C@H](CCN)NC(=O)[C@H](CCN)NC(=O)[C@H](CC(C)C)NC(=O)[C@@H](Cc2ccccc2)NC(=O)[C@H](CCN)NC1=O.Cl. The van der Waals surface area contributed by atoms with E-state index in [1.165, 1.54) is 13.8 Å². The van der Waals surface area contributed by atoms with Crippen molar-refractivity contribution in [2.45, 2.75) is 191 Å². The highest BCUT2D eigenvalue weighted by atomic mass is 35.5. The Morgan fingerprint density at radius 1 is 0.566 bits per heavy atom. The summed E-state index contributed by atoms with van der Waals surface area (Å²) in [5, 5.41) is 39.2. The molecule has 2 rings (SSSR count). The normalized spacial score (nSPS) is 22.2. The lowest BCUT2D eigenvalue weighted by atomic mass is 10.00. The Balaban J connectivity index is 0.0000344. The fourth-order valence-corrected chi connectivity index (χ4v) is 8.78. The average Bonchev–Trinajstić information content (AvgIpc) is 3.45. The Hall–Kier alpha value is -6.56. The molecule has 28 nitrogen and oxygen atoms in total. The van der Waals surface area contributed by atoms with Crippen LogP contribution in [0.1, 0.15) is 124 Å². The number of halogens is 1. The molecule has 1 fully saturated rings. The van der Waals surface area contributed by atoms with E-state index in [0.29, 0.717) is 12.0 Å². The number of aliphatic hydroxyl groups excluding tert-OH is 1. The number of nitrogens with two attached hydrogens (primary N) is 5. The van der Waals surface area contributed by atoms with Gasteiger partial charge in [-0.25, -0.2) is 0 Å². The van der Waals surface area contributed by atoms with Crippen molar-refractivity contribution in [2.75, 3.05) is 39.3 Å². The molecule has 83 heavy (non-hydrogen) atoms. The molecule has 22 N–H and O–H groups in total. The number of nitrogens with one attached hydrogen (secondary N) is 11. The number of amides is 11. The summed E-state index contributed by atoms with van der Waals surface area (Å²) in [4.78, 5) is 153. The van der Waals surface area contributed by atoms with E-state index in [1.807, 2.05) is 0 Å². The molecule has 0 spiro atoms. The topological polar surface area (TPSA) is 470 Å². The number of benzene rings is 1. The molecule has 1 aromatic carbocycles. The number of hydrogen-bond donors (Lipinski definition) is 17. The quantitative estimate of drug-likeness (QED) is 0.0352. The van der Waals surface area contributed by atoms with Gasteiger partial charge in [0.2, 0.25) is 65.0 Å². The van der Waals surface area contributed by atoms with Crippen LogP contribution in [0.5, 0.6) is 0 Å². The molecule has 1 aliphatic heterocycles. The zero-order chi connectivity index (χ0) is 61.3. The average molecular weight is 1200 g/mol. The summed E-state index contributed by atoms with van der Waals surface area (Å²) in [6, 6.07) is -5.33. The van der Waals surface area contributed by atoms with E-state index in [1.54, 1.807) is 44.2 Å². The van der Waals surface area contributed by atoms with Gasteiger partial charge in [-0.15, -0.1) is 12.4 Å². The highest BCUT2D eigenvalue weighted by molar-refractivity contribution is 5.99. The minimum atomic E-state index is -1.66. The summed E-state index contributed by atoms with van der Waals surface area (Å²) in [5.74, 6) is -9.29. The van der Waals surface area contributed by atoms with E-state index in [0.717, 1.165) is 25.7 Å². The van der Waals surface area contributed by atoms with Gasteiger partial charge in [-0.1, -0.05) is 76.8 Å². The minimum Gasteiger partial charge on any atom is -0.391 e. The fraction of sp³-hybridized carbons (Fsp3) is 0.685. The molecule has 470 valence electrons. The second kappa shape index (κ2) is 40.6. The number of unbranched alkanes of at least 4 members (excludes halogenated alkanes) is 4. The highest BCUT2D eigenvalue weighted by Gasteiger charge is 2.36. The molecule has 1 heterocycles. The van der Waals surface area contributed by atoms with Crippen molar-refractivity contribution in [3.8, 4) is 0 Å². The number of carbonyl (C=O) groups excluding carboxylic acids is 11. The molecule has 0 saturated carbocycles. The number of aliphatic hydroxyl groups is 1. The summed E-state index contributed by atoms with van der Waals surface area (Å²) in [6.07, 6.45) is 2.10. The molecule has 11 amide bonds. The van der Waals surface area contributed by atoms with E-state index in [4.69, 9.17) is 28.7 Å². The monoisotopic (exact) mass is 1190 g/mol. The first kappa shape index (κ1) is 74.5. The first-order chi connectivity index (χ1) is 39.0. The van der Waals surface area contributed by atoms with E-state index in [9.17, 15) is 57.8 Å². The molecule has 0 aromatic heterocycles. The highest BCUT2D eigenvalue weighted by Crippen LogP contribution is 2.12. The molecular weight excluding hydrogens is 1100 g/mol. The van der Waals surface area contributed by atoms with Crippen LogP contribution in [-0.4, -0.2) is 176 Å². The molecule has 1 aromatic rings. The van der Waals surface area contributed by atoms with Gasteiger partial charge in [0.05, 0.1) is 6.10 Å². The molecule has 0 unspecified atom stereocenters. The van der Waals surface area contributed by atoms with Crippen molar-refractivity contribution in [1.82, 2.24) is 58.5 Å². The minimum absolute atomic E-state index is 0. The Bertz CT molecular complexity index is 2230. The molecular formula is C54H95ClN16O12. The van der Waals surface area contributed by atoms with Gasteiger partial charge in [0, 0.05) is 19.4 Å². The lowest BCUT2D eigenvalue weighted by Gasteiger charge is -2.28. The van der Waals surface area contributed by atoms with Gasteiger partial charge in [-0.2, -0.15) is 0 Å². The van der Waals surface area contributed by atoms with Crippen LogP contribution in [0, 0.1) is 5.92 Å². The lowest BCUT2D eigenvalue weighted by molar-refractivity contribution is -0.136. The van der Waals surface area contributed by atoms with Crippen LogP contribution < -0.4 is 87.2 Å². The van der Waals surface area contributed by atoms with Gasteiger partial charge < -0.3 is 92.3 Å². The zero-order valence-electron chi connectivity index (χ0n) is 48.7. The second-order valence-corrected chi connectivity index (χ2v) is 21.0. The lowest BCUT2D eigenvalue weighted by Crippen LogP contribution is -2.61. The summed E-state index contributed by atoms with van der Waals surface area (Å²) < 4.78 is 0. The van der Waals surface area contributed by atoms with Gasteiger partial charge in [-0.3, -0.25) is 52.7 Å². The van der Waals surface area contributed by atoms with Crippen molar-refractivity contribution in [2.24, 2.45) is 34.6 Å². The predicted molar refractivity (Wildman–Crippen MR) is 313 cm³/mol. The number of hydrogen-bond acceptors (Lipinski definition) is 17. The van der Waals surface area contributed by atoms with Gasteiger partial charge in [-0.05, 0) is 109 Å². The van der Waals surface area contributed by atoms with Crippen LogP contribution in [0.25, 0.3) is 0 Å². The van der Waals surface area contributed by atoms with Crippen molar-refractivity contribution in [1.29, 1.82) is 0 Å². The van der Waals surface area contributed by atoms with E-state index in [-0.39, 0.29) is 108 Å². The van der Waals surface area contributed by atoms with Crippen LogP contribution in [0.4, 0.5) is 0 Å². The first-order valence-electron chi connectivity index (χ1n) is 28.6. The maximum Gasteiger partial charge on any atom is 0.245 e. The largest absolute Gasteiger partial charge is 0.391 e. The third-order valence-corrected chi connectivity index (χ3v) is 13.4. The van der Waals surface area contributed by atoms with Crippen LogP contribution in [0.3, 0.4) is 0 Å². The second-order valence-electron chi connectivity index (χ2n) is 21.0. The predicted octanol–water partition coefficient (Wildman–Crippen LogP) is -4.43. The third kappa shape index (κ3) is 27.6. The maximum atomic E-state index is 14.5. The standard InChI is InChI=1S/C54H94N16O12.ClH/c1-6-7-8-9-13-16-43(72)62-35(17-23-55)46(74)61-32(4)45(73)63-36(18-24-56)47(75)67-40-22-28-60-54(82)44(33(5)71)70-51(79)39(21-27-59)65-48(76)37(19-25-57)66-52(80)41(29-31(2)3)68-53(81)42(30-34-14-11-10-12-15-34)69-49(77)38(20-26-58)64-50(40)78;/h10-12,14-15,31-33,35-42,44,71H,6-9,13,16-30,55-59H2,1-5H3,(H,60,82)(H,61,74)(H,62,72)(H,63,73)(H,64,78)(H,65,76)(H,66,80)(H,67,75)(H,68,81)(H,69,77)(H,70,79);1H/t32-,33+,35-,36-,37-,38-,39-,40-,41-,42+,44-;/m0./s1. The maximum absolute atomic E-state index is 14.5. The molecule has 0 aliphatic carbocycles. The van der Waals surface area contributed by atoms with E-state index < -0.39 is 139 Å². The zero-order valence-corrected chi connectivity index (χ0v) is 49.5. The van der Waals surface area contributed by atoms with Crippen LogP contribution in [-0.2, 0) is 59.2 Å². The molecule has 0 radical (unpaired) electrons. The Morgan fingerprint density at radius 2 is 1.05 bits per heavy atom. The number of carbonyl (C=O) groups is 11. The Labute approximate surface area is 492 Å². The van der Waals surface area contributed by atoms with Crippen LogP contribution in [0.15, 0.2) is 30.3 Å². The first-order valence-corrected chi connectivity index (χ1v) is 28.6. The van der Waals surface area contributed by atoms with Crippen LogP contribution >= 0.6 is 12.4 Å². The summed E-state index contributed by atoms with van der Waals surface area (Å²) in [6.45, 7) is 7.27. The summed E-state index contributed by atoms with van der Waals surface area (Å²) >= 11 is 0. The van der Waals surface area contributed by atoms with E-state index in [2.05, 4.69) is 65.4 Å². The molecule has 11 atom stereocenters.